The van der Waals surface area contributed by atoms with Crippen LogP contribution in [-0.2, 0) is 6.54 Å². The highest BCUT2D eigenvalue weighted by Gasteiger charge is 2.55. The average molecular weight is 328 g/mol. The first-order valence-electron chi connectivity index (χ1n) is 7.33. The minimum Gasteiger partial charge on any atom is -0.298 e. The van der Waals surface area contributed by atoms with Gasteiger partial charge in [0, 0.05) is 24.1 Å². The van der Waals surface area contributed by atoms with Crippen molar-refractivity contribution in [2.24, 2.45) is 11.8 Å². The highest BCUT2D eigenvalue weighted by molar-refractivity contribution is 9.10. The van der Waals surface area contributed by atoms with Crippen LogP contribution in [0.25, 0.3) is 0 Å². The van der Waals surface area contributed by atoms with Gasteiger partial charge in [0.2, 0.25) is 0 Å². The number of likely N-dealkylation sites (tertiary alicyclic amines) is 1. The highest BCUT2D eigenvalue weighted by Crippen LogP contribution is 2.58. The molecule has 0 radical (unpaired) electrons. The Labute approximate surface area is 128 Å². The molecular formula is C18H18BrN. The van der Waals surface area contributed by atoms with Crippen LogP contribution in [0.1, 0.15) is 17.0 Å². The first-order chi connectivity index (χ1) is 9.81. The molecule has 0 spiro atoms. The van der Waals surface area contributed by atoms with Crippen molar-refractivity contribution in [2.75, 3.05) is 13.1 Å². The van der Waals surface area contributed by atoms with Crippen LogP contribution in [0.3, 0.4) is 0 Å². The van der Waals surface area contributed by atoms with Crippen LogP contribution in [0.5, 0.6) is 0 Å². The Balaban J connectivity index is 1.39. The fourth-order valence-corrected chi connectivity index (χ4v) is 4.21. The van der Waals surface area contributed by atoms with Gasteiger partial charge in [0.25, 0.3) is 0 Å². The number of fused-ring (bicyclic) bond motifs is 1. The molecule has 0 unspecified atom stereocenters. The molecule has 2 heteroatoms. The number of rotatable bonds is 3. The van der Waals surface area contributed by atoms with Gasteiger partial charge < -0.3 is 0 Å². The summed E-state index contributed by atoms with van der Waals surface area (Å²) in [6.45, 7) is 3.63. The van der Waals surface area contributed by atoms with E-state index in [-0.39, 0.29) is 0 Å². The lowest BCUT2D eigenvalue weighted by Gasteiger charge is -2.19. The summed E-state index contributed by atoms with van der Waals surface area (Å²) >= 11 is 3.58. The Morgan fingerprint density at radius 2 is 1.70 bits per heavy atom. The minimum absolute atomic E-state index is 0.805. The van der Waals surface area contributed by atoms with Crippen molar-refractivity contribution in [1.29, 1.82) is 0 Å². The quantitative estimate of drug-likeness (QED) is 0.812. The first-order valence-corrected chi connectivity index (χ1v) is 8.12. The molecule has 1 saturated heterocycles. The maximum absolute atomic E-state index is 3.58. The van der Waals surface area contributed by atoms with E-state index in [1.165, 1.54) is 28.7 Å². The molecule has 2 aromatic carbocycles. The molecule has 2 aromatic rings. The predicted octanol–water partition coefficient (Wildman–Crippen LogP) is 4.29. The molecule has 0 amide bonds. The second kappa shape index (κ2) is 5.01. The lowest BCUT2D eigenvalue weighted by molar-refractivity contribution is 0.290. The molecule has 2 aliphatic rings. The monoisotopic (exact) mass is 327 g/mol. The van der Waals surface area contributed by atoms with E-state index in [0.717, 1.165) is 24.3 Å². The first kappa shape index (κ1) is 12.6. The summed E-state index contributed by atoms with van der Waals surface area (Å²) in [4.78, 5) is 2.61. The van der Waals surface area contributed by atoms with Crippen molar-refractivity contribution in [3.05, 3.63) is 70.2 Å². The van der Waals surface area contributed by atoms with E-state index in [0.29, 0.717) is 0 Å². The second-order valence-corrected chi connectivity index (χ2v) is 7.00. The van der Waals surface area contributed by atoms with Gasteiger partial charge in [-0.2, -0.15) is 0 Å². The molecule has 0 bridgehead atoms. The Morgan fingerprint density at radius 3 is 2.40 bits per heavy atom. The van der Waals surface area contributed by atoms with E-state index in [1.807, 2.05) is 0 Å². The van der Waals surface area contributed by atoms with Gasteiger partial charge in [-0.15, -0.1) is 0 Å². The zero-order valence-corrected chi connectivity index (χ0v) is 13.0. The minimum atomic E-state index is 0.805. The number of nitrogens with zero attached hydrogens (tertiary/aromatic N) is 1. The number of benzene rings is 2. The Bertz CT molecular complexity index is 598. The van der Waals surface area contributed by atoms with Gasteiger partial charge >= 0.3 is 0 Å². The van der Waals surface area contributed by atoms with Crippen molar-refractivity contribution in [1.82, 2.24) is 4.90 Å². The third-order valence-corrected chi connectivity index (χ3v) is 5.25. The summed E-state index contributed by atoms with van der Waals surface area (Å²) in [5.74, 6) is 2.57. The van der Waals surface area contributed by atoms with Crippen molar-refractivity contribution >= 4 is 15.9 Å². The molecule has 4 rings (SSSR count). The third kappa shape index (κ3) is 2.32. The van der Waals surface area contributed by atoms with Gasteiger partial charge in [0.1, 0.15) is 0 Å². The Hall–Kier alpha value is -1.12. The zero-order chi connectivity index (χ0) is 13.5. The summed E-state index contributed by atoms with van der Waals surface area (Å²) < 4.78 is 1.21. The summed E-state index contributed by atoms with van der Waals surface area (Å²) in [6.07, 6.45) is 0. The SMILES string of the molecule is Brc1cccc([C@H]2[C@@H]3CN(Cc4ccccc4)C[C@@H]32)c1. The molecule has 1 heterocycles. The van der Waals surface area contributed by atoms with Crippen molar-refractivity contribution < 1.29 is 0 Å². The fourth-order valence-electron chi connectivity index (χ4n) is 3.79. The third-order valence-electron chi connectivity index (χ3n) is 4.75. The molecule has 1 aliphatic carbocycles. The smallest absolute Gasteiger partial charge is 0.0233 e. The predicted molar refractivity (Wildman–Crippen MR) is 85.6 cm³/mol. The maximum atomic E-state index is 3.58. The van der Waals surface area contributed by atoms with Gasteiger partial charge in [-0.3, -0.25) is 4.90 Å². The highest BCUT2D eigenvalue weighted by atomic mass is 79.9. The summed E-state index contributed by atoms with van der Waals surface area (Å²) in [5, 5.41) is 0. The van der Waals surface area contributed by atoms with Crippen molar-refractivity contribution in [2.45, 2.75) is 12.5 Å². The maximum Gasteiger partial charge on any atom is 0.0233 e. The van der Waals surface area contributed by atoms with Gasteiger partial charge in [0.05, 0.1) is 0 Å². The van der Waals surface area contributed by atoms with E-state index >= 15 is 0 Å². The molecule has 2 fully saturated rings. The van der Waals surface area contributed by atoms with Crippen LogP contribution in [0.2, 0.25) is 0 Å². The van der Waals surface area contributed by atoms with Crippen molar-refractivity contribution in [3.63, 3.8) is 0 Å². The van der Waals surface area contributed by atoms with E-state index < -0.39 is 0 Å². The van der Waals surface area contributed by atoms with Crippen LogP contribution in [0, 0.1) is 11.8 Å². The van der Waals surface area contributed by atoms with Crippen LogP contribution in [-0.4, -0.2) is 18.0 Å². The van der Waals surface area contributed by atoms with E-state index in [1.54, 1.807) is 0 Å². The van der Waals surface area contributed by atoms with Crippen molar-refractivity contribution in [3.8, 4) is 0 Å². The fraction of sp³-hybridized carbons (Fsp3) is 0.333. The summed E-state index contributed by atoms with van der Waals surface area (Å²) in [6, 6.07) is 19.7. The molecule has 102 valence electrons. The van der Waals surface area contributed by atoms with Crippen LogP contribution < -0.4 is 0 Å². The van der Waals surface area contributed by atoms with Gasteiger partial charge in [-0.25, -0.2) is 0 Å². The average Bonchev–Trinajstić information content (AvgIpc) is 2.97. The Morgan fingerprint density at radius 1 is 0.950 bits per heavy atom. The number of halogens is 1. The topological polar surface area (TPSA) is 3.24 Å². The lowest BCUT2D eigenvalue weighted by atomic mass is 10.1. The van der Waals surface area contributed by atoms with Crippen LogP contribution in [0.15, 0.2) is 59.1 Å². The Kier molecular flexibility index (Phi) is 3.16. The van der Waals surface area contributed by atoms with Crippen LogP contribution >= 0.6 is 15.9 Å². The van der Waals surface area contributed by atoms with E-state index in [2.05, 4.69) is 75.4 Å². The number of piperidine rings is 1. The zero-order valence-electron chi connectivity index (χ0n) is 11.4. The molecule has 0 aromatic heterocycles. The van der Waals surface area contributed by atoms with E-state index in [4.69, 9.17) is 0 Å². The van der Waals surface area contributed by atoms with Gasteiger partial charge in [-0.1, -0.05) is 58.4 Å². The number of hydrogen-bond acceptors (Lipinski definition) is 1. The molecule has 3 atom stereocenters. The standard InChI is InChI=1S/C18H18BrN/c19-15-8-4-7-14(9-15)18-16-11-20(12-17(16)18)10-13-5-2-1-3-6-13/h1-9,16-18H,10-12H2/t16-,17+,18+. The molecular weight excluding hydrogens is 310 g/mol. The number of hydrogen-bond donors (Lipinski definition) is 0. The molecule has 20 heavy (non-hydrogen) atoms. The normalized spacial score (nSPS) is 28.4. The van der Waals surface area contributed by atoms with E-state index in [9.17, 15) is 0 Å². The largest absolute Gasteiger partial charge is 0.298 e. The lowest BCUT2D eigenvalue weighted by Crippen LogP contribution is -2.23. The van der Waals surface area contributed by atoms with Gasteiger partial charge in [0.15, 0.2) is 0 Å². The molecule has 1 saturated carbocycles. The summed E-state index contributed by atoms with van der Waals surface area (Å²) in [7, 11) is 0. The summed E-state index contributed by atoms with van der Waals surface area (Å²) in [5.41, 5.74) is 2.96. The molecule has 0 N–H and O–H groups in total. The van der Waals surface area contributed by atoms with Crippen LogP contribution in [0.4, 0.5) is 0 Å². The second-order valence-electron chi connectivity index (χ2n) is 6.09. The van der Waals surface area contributed by atoms with Gasteiger partial charge in [-0.05, 0) is 41.0 Å². The molecule has 1 nitrogen and oxygen atoms in total. The molecule has 1 aliphatic heterocycles.